The van der Waals surface area contributed by atoms with Crippen LogP contribution < -0.4 is 15.4 Å². The smallest absolute Gasteiger partial charge is 0.250 e. The molecule has 4 aromatic rings. The van der Waals surface area contributed by atoms with E-state index in [1.54, 1.807) is 30.0 Å². The molecule has 0 fully saturated rings. The van der Waals surface area contributed by atoms with E-state index in [4.69, 9.17) is 27.9 Å². The number of hydrogen-bond donors (Lipinski definition) is 2. The standard InChI is InChI=1S/C27H21Cl2N5O2/c1-36-22-13-7-19(8-14-22)24-16-23(18-5-11-21(29)12-6-18)30-27-32-26(33-34(24)27)31-25(35)15-4-17-2-9-20(28)10-3-17/h2-16,24H,1H3,(H2,30,31,32,33,35)/b15-4+. The fourth-order valence-electron chi connectivity index (χ4n) is 3.78. The van der Waals surface area contributed by atoms with Gasteiger partial charge in [0.05, 0.1) is 7.11 Å². The van der Waals surface area contributed by atoms with Crippen molar-refractivity contribution in [3.05, 3.63) is 112 Å². The van der Waals surface area contributed by atoms with E-state index in [9.17, 15) is 4.79 Å². The van der Waals surface area contributed by atoms with Crippen molar-refractivity contribution in [1.82, 2.24) is 14.8 Å². The number of halogens is 2. The van der Waals surface area contributed by atoms with E-state index in [1.807, 2.05) is 60.7 Å². The first kappa shape index (κ1) is 23.7. The summed E-state index contributed by atoms with van der Waals surface area (Å²) >= 11 is 12.0. The van der Waals surface area contributed by atoms with Crippen molar-refractivity contribution in [3.8, 4) is 5.75 Å². The van der Waals surface area contributed by atoms with Crippen molar-refractivity contribution >= 4 is 52.8 Å². The maximum absolute atomic E-state index is 12.5. The van der Waals surface area contributed by atoms with Gasteiger partial charge in [0.15, 0.2) is 0 Å². The van der Waals surface area contributed by atoms with Gasteiger partial charge in [0.25, 0.3) is 11.9 Å². The first-order valence-corrected chi connectivity index (χ1v) is 11.8. The number of anilines is 2. The largest absolute Gasteiger partial charge is 0.497 e. The third kappa shape index (κ3) is 5.27. The van der Waals surface area contributed by atoms with E-state index in [2.05, 4.69) is 26.8 Å². The molecule has 1 aromatic heterocycles. The molecule has 0 spiro atoms. The normalized spacial score (nSPS) is 14.6. The summed E-state index contributed by atoms with van der Waals surface area (Å²) in [4.78, 5) is 17.1. The SMILES string of the molecule is COc1ccc(C2C=C(c3ccc(Cl)cc3)Nc3nc(NC(=O)/C=C/c4ccc(Cl)cc4)nn32)cc1. The van der Waals surface area contributed by atoms with Crippen LogP contribution in [0.1, 0.15) is 22.7 Å². The Kier molecular flexibility index (Phi) is 6.75. The van der Waals surface area contributed by atoms with E-state index in [1.165, 1.54) is 6.08 Å². The lowest BCUT2D eigenvalue weighted by Gasteiger charge is -2.24. The molecule has 0 bridgehead atoms. The Bertz CT molecular complexity index is 1440. The summed E-state index contributed by atoms with van der Waals surface area (Å²) in [5.74, 6) is 1.10. The van der Waals surface area contributed by atoms with Crippen molar-refractivity contribution in [2.24, 2.45) is 0 Å². The summed E-state index contributed by atoms with van der Waals surface area (Å²) < 4.78 is 7.04. The Morgan fingerprint density at radius 1 is 1.00 bits per heavy atom. The molecule has 1 unspecified atom stereocenters. The molecule has 2 heterocycles. The van der Waals surface area contributed by atoms with Gasteiger partial charge in [-0.3, -0.25) is 10.1 Å². The van der Waals surface area contributed by atoms with Gasteiger partial charge in [-0.25, -0.2) is 4.68 Å². The third-order valence-electron chi connectivity index (χ3n) is 5.61. The lowest BCUT2D eigenvalue weighted by molar-refractivity contribution is -0.111. The lowest BCUT2D eigenvalue weighted by atomic mass is 10.0. The topological polar surface area (TPSA) is 81.1 Å². The predicted octanol–water partition coefficient (Wildman–Crippen LogP) is 6.30. The molecule has 0 saturated heterocycles. The number of benzene rings is 3. The molecule has 5 rings (SSSR count). The van der Waals surface area contributed by atoms with E-state index >= 15 is 0 Å². The monoisotopic (exact) mass is 517 g/mol. The molecule has 1 atom stereocenters. The number of rotatable bonds is 6. The second-order valence-corrected chi connectivity index (χ2v) is 8.88. The Balaban J connectivity index is 1.43. The van der Waals surface area contributed by atoms with Crippen LogP contribution in [0.3, 0.4) is 0 Å². The molecular weight excluding hydrogens is 497 g/mol. The number of nitrogens with zero attached hydrogens (tertiary/aromatic N) is 3. The number of allylic oxidation sites excluding steroid dienone is 1. The van der Waals surface area contributed by atoms with Crippen LogP contribution >= 0.6 is 23.2 Å². The van der Waals surface area contributed by atoms with E-state index < -0.39 is 0 Å². The molecule has 180 valence electrons. The number of fused-ring (bicyclic) bond motifs is 1. The van der Waals surface area contributed by atoms with Gasteiger partial charge in [0, 0.05) is 21.8 Å². The van der Waals surface area contributed by atoms with Gasteiger partial charge in [-0.05, 0) is 65.2 Å². The van der Waals surface area contributed by atoms with Gasteiger partial charge in [-0.1, -0.05) is 59.6 Å². The van der Waals surface area contributed by atoms with Crippen molar-refractivity contribution < 1.29 is 9.53 Å². The molecule has 1 amide bonds. The number of hydrogen-bond acceptors (Lipinski definition) is 5. The summed E-state index contributed by atoms with van der Waals surface area (Å²) in [6.45, 7) is 0. The van der Waals surface area contributed by atoms with Gasteiger partial charge < -0.3 is 10.1 Å². The first-order valence-electron chi connectivity index (χ1n) is 11.1. The zero-order chi connectivity index (χ0) is 25.1. The first-order chi connectivity index (χ1) is 17.5. The van der Waals surface area contributed by atoms with Gasteiger partial charge in [0.1, 0.15) is 11.8 Å². The summed E-state index contributed by atoms with van der Waals surface area (Å²) in [6, 6.07) is 22.2. The Labute approximate surface area is 218 Å². The van der Waals surface area contributed by atoms with E-state index in [-0.39, 0.29) is 17.9 Å². The van der Waals surface area contributed by atoms with Crippen molar-refractivity contribution in [2.75, 3.05) is 17.7 Å². The molecule has 0 saturated carbocycles. The molecule has 0 radical (unpaired) electrons. The van der Waals surface area contributed by atoms with Crippen LogP contribution in [0.5, 0.6) is 5.75 Å². The molecule has 7 nitrogen and oxygen atoms in total. The lowest BCUT2D eigenvalue weighted by Crippen LogP contribution is -2.20. The minimum absolute atomic E-state index is 0.188. The maximum atomic E-state index is 12.5. The van der Waals surface area contributed by atoms with Crippen LogP contribution in [-0.2, 0) is 4.79 Å². The molecule has 9 heteroatoms. The van der Waals surface area contributed by atoms with Crippen molar-refractivity contribution in [1.29, 1.82) is 0 Å². The van der Waals surface area contributed by atoms with Gasteiger partial charge in [-0.15, -0.1) is 5.10 Å². The molecule has 1 aliphatic heterocycles. The van der Waals surface area contributed by atoms with Crippen LogP contribution in [0.2, 0.25) is 10.0 Å². The average Bonchev–Trinajstić information content (AvgIpc) is 3.30. The highest BCUT2D eigenvalue weighted by atomic mass is 35.5. The number of nitrogens with one attached hydrogen (secondary N) is 2. The second-order valence-electron chi connectivity index (χ2n) is 8.01. The average molecular weight is 518 g/mol. The molecular formula is C27H21Cl2N5O2. The fourth-order valence-corrected chi connectivity index (χ4v) is 4.03. The molecule has 0 aliphatic carbocycles. The van der Waals surface area contributed by atoms with Crippen LogP contribution in [0.15, 0.2) is 84.9 Å². The highest BCUT2D eigenvalue weighted by molar-refractivity contribution is 6.30. The van der Waals surface area contributed by atoms with Crippen LogP contribution in [0.25, 0.3) is 11.8 Å². The quantitative estimate of drug-likeness (QED) is 0.293. The number of aromatic nitrogens is 3. The number of carbonyl (C=O) groups excluding carboxylic acids is 1. The minimum atomic E-state index is -0.347. The zero-order valence-electron chi connectivity index (χ0n) is 19.2. The van der Waals surface area contributed by atoms with Gasteiger partial charge in [-0.2, -0.15) is 4.98 Å². The van der Waals surface area contributed by atoms with Crippen molar-refractivity contribution in [3.63, 3.8) is 0 Å². The number of ether oxygens (including phenoxy) is 1. The van der Waals surface area contributed by atoms with Crippen molar-refractivity contribution in [2.45, 2.75) is 6.04 Å². The highest BCUT2D eigenvalue weighted by Gasteiger charge is 2.25. The van der Waals surface area contributed by atoms with Gasteiger partial charge >= 0.3 is 0 Å². The Morgan fingerprint density at radius 3 is 2.33 bits per heavy atom. The van der Waals surface area contributed by atoms with Crippen LogP contribution in [0.4, 0.5) is 11.9 Å². The van der Waals surface area contributed by atoms with E-state index in [0.717, 1.165) is 28.1 Å². The summed E-state index contributed by atoms with van der Waals surface area (Å²) in [6.07, 6.45) is 5.17. The molecule has 36 heavy (non-hydrogen) atoms. The molecule has 3 aromatic carbocycles. The van der Waals surface area contributed by atoms with Gasteiger partial charge in [0.2, 0.25) is 5.95 Å². The van der Waals surface area contributed by atoms with E-state index in [0.29, 0.717) is 16.0 Å². The van der Waals surface area contributed by atoms with Crippen LogP contribution in [-0.4, -0.2) is 27.8 Å². The summed E-state index contributed by atoms with van der Waals surface area (Å²) in [5.41, 5.74) is 3.64. The summed E-state index contributed by atoms with van der Waals surface area (Å²) in [7, 11) is 1.63. The third-order valence-corrected chi connectivity index (χ3v) is 6.11. The number of methoxy groups -OCH3 is 1. The zero-order valence-corrected chi connectivity index (χ0v) is 20.7. The minimum Gasteiger partial charge on any atom is -0.497 e. The number of amides is 1. The molecule has 1 aliphatic rings. The Morgan fingerprint density at radius 2 is 1.67 bits per heavy atom. The number of carbonyl (C=O) groups is 1. The maximum Gasteiger partial charge on any atom is 0.250 e. The fraction of sp³-hybridized carbons (Fsp3) is 0.0741. The van der Waals surface area contributed by atoms with Crippen LogP contribution in [0, 0.1) is 0 Å². The second kappa shape index (κ2) is 10.3. The Hall–Kier alpha value is -4.07. The highest BCUT2D eigenvalue weighted by Crippen LogP contribution is 2.34. The summed E-state index contributed by atoms with van der Waals surface area (Å²) in [5, 5.41) is 11.9. The predicted molar refractivity (Wildman–Crippen MR) is 143 cm³/mol. The molecule has 2 N–H and O–H groups in total.